The summed E-state index contributed by atoms with van der Waals surface area (Å²) in [7, 11) is 0. The number of carbonyl (C=O) groups is 1. The third kappa shape index (κ3) is 3.91. The summed E-state index contributed by atoms with van der Waals surface area (Å²) in [5, 5.41) is 11.7. The summed E-state index contributed by atoms with van der Waals surface area (Å²) in [6.45, 7) is -0.140. The second kappa shape index (κ2) is 8.81. The Hall–Kier alpha value is -3.62. The molecule has 0 fully saturated rings. The van der Waals surface area contributed by atoms with Gasteiger partial charge in [0.1, 0.15) is 12.4 Å². The molecule has 0 heterocycles. The third-order valence-corrected chi connectivity index (χ3v) is 5.14. The first-order chi connectivity index (χ1) is 14.7. The van der Waals surface area contributed by atoms with E-state index in [1.807, 2.05) is 24.3 Å². The average molecular weight is 401 g/mol. The number of aliphatic hydroxyl groups excluding tert-OH is 1. The van der Waals surface area contributed by atoms with E-state index in [-0.39, 0.29) is 36.8 Å². The maximum absolute atomic E-state index is 14.0. The van der Waals surface area contributed by atoms with Crippen molar-refractivity contribution in [1.82, 2.24) is 5.32 Å². The number of aliphatic hydroxyl groups is 1. The van der Waals surface area contributed by atoms with E-state index in [2.05, 4.69) is 41.4 Å². The first-order valence-electron chi connectivity index (χ1n) is 9.65. The summed E-state index contributed by atoms with van der Waals surface area (Å²) in [4.78, 5) is 12.1. The van der Waals surface area contributed by atoms with E-state index in [0.29, 0.717) is 0 Å². The van der Waals surface area contributed by atoms with Gasteiger partial charge in [-0.2, -0.15) is 0 Å². The Morgan fingerprint density at radius 2 is 1.67 bits per heavy atom. The van der Waals surface area contributed by atoms with Gasteiger partial charge in [-0.1, -0.05) is 72.5 Å². The summed E-state index contributed by atoms with van der Waals surface area (Å²) >= 11 is 0. The quantitative estimate of drug-likeness (QED) is 0.644. The van der Waals surface area contributed by atoms with Crippen LogP contribution in [0.25, 0.3) is 11.1 Å². The summed E-state index contributed by atoms with van der Waals surface area (Å²) in [5.41, 5.74) is 4.98. The lowest BCUT2D eigenvalue weighted by atomic mass is 9.98. The van der Waals surface area contributed by atoms with Crippen molar-refractivity contribution in [1.29, 1.82) is 0 Å². The number of ether oxygens (including phenoxy) is 1. The predicted octanol–water partition coefficient (Wildman–Crippen LogP) is 4.21. The van der Waals surface area contributed by atoms with Crippen LogP contribution in [0.3, 0.4) is 0 Å². The SMILES string of the molecule is O=C(NCC#Cc1cccc(CO)c1F)OCC1c2ccccc2-c2ccccc21. The van der Waals surface area contributed by atoms with Gasteiger partial charge < -0.3 is 15.2 Å². The lowest BCUT2D eigenvalue weighted by Crippen LogP contribution is -2.26. The van der Waals surface area contributed by atoms with Crippen molar-refractivity contribution in [3.05, 3.63) is 94.8 Å². The number of hydrogen-bond donors (Lipinski definition) is 2. The molecule has 0 saturated carbocycles. The first-order valence-corrected chi connectivity index (χ1v) is 9.65. The molecule has 0 aromatic heterocycles. The minimum absolute atomic E-state index is 0.00967. The van der Waals surface area contributed by atoms with Crippen LogP contribution in [-0.4, -0.2) is 24.4 Å². The number of amides is 1. The molecule has 5 heteroatoms. The molecule has 0 bridgehead atoms. The molecule has 3 aromatic carbocycles. The molecule has 3 aromatic rings. The number of hydrogen-bond acceptors (Lipinski definition) is 3. The van der Waals surface area contributed by atoms with Crippen molar-refractivity contribution in [2.24, 2.45) is 0 Å². The number of halogens is 1. The van der Waals surface area contributed by atoms with Gasteiger partial charge in [0.05, 0.1) is 18.7 Å². The lowest BCUT2D eigenvalue weighted by molar-refractivity contribution is 0.144. The van der Waals surface area contributed by atoms with Crippen LogP contribution in [0.5, 0.6) is 0 Å². The van der Waals surface area contributed by atoms with Gasteiger partial charge in [-0.15, -0.1) is 0 Å². The van der Waals surface area contributed by atoms with E-state index in [1.54, 1.807) is 6.07 Å². The average Bonchev–Trinajstić information content (AvgIpc) is 3.10. The number of benzene rings is 3. The van der Waals surface area contributed by atoms with Gasteiger partial charge in [0.15, 0.2) is 0 Å². The lowest BCUT2D eigenvalue weighted by Gasteiger charge is -2.14. The first kappa shape index (κ1) is 19.7. The molecule has 0 aliphatic heterocycles. The monoisotopic (exact) mass is 401 g/mol. The van der Waals surface area contributed by atoms with Crippen LogP contribution < -0.4 is 5.32 Å². The Bertz CT molecular complexity index is 1100. The normalized spacial score (nSPS) is 11.8. The summed E-state index contributed by atoms with van der Waals surface area (Å²) < 4.78 is 19.4. The second-order valence-electron chi connectivity index (χ2n) is 6.92. The van der Waals surface area contributed by atoms with Crippen molar-refractivity contribution in [2.45, 2.75) is 12.5 Å². The van der Waals surface area contributed by atoms with E-state index >= 15 is 0 Å². The molecule has 2 N–H and O–H groups in total. The molecule has 1 aliphatic rings. The van der Waals surface area contributed by atoms with Crippen molar-refractivity contribution in [3.63, 3.8) is 0 Å². The predicted molar refractivity (Wildman–Crippen MR) is 112 cm³/mol. The molecular weight excluding hydrogens is 381 g/mol. The number of alkyl carbamates (subject to hydrolysis) is 1. The highest BCUT2D eigenvalue weighted by atomic mass is 19.1. The van der Waals surface area contributed by atoms with Crippen LogP contribution in [0.1, 0.15) is 28.2 Å². The van der Waals surface area contributed by atoms with Crippen LogP contribution in [0, 0.1) is 17.7 Å². The fraction of sp³-hybridized carbons (Fsp3) is 0.160. The Balaban J connectivity index is 1.36. The molecule has 1 amide bonds. The van der Waals surface area contributed by atoms with Crippen LogP contribution in [0.2, 0.25) is 0 Å². The summed E-state index contributed by atoms with van der Waals surface area (Å²) in [5.74, 6) is 4.80. The second-order valence-corrected chi connectivity index (χ2v) is 6.92. The molecule has 30 heavy (non-hydrogen) atoms. The van der Waals surface area contributed by atoms with Crippen molar-refractivity contribution in [2.75, 3.05) is 13.2 Å². The molecule has 4 rings (SSSR count). The van der Waals surface area contributed by atoms with Gasteiger partial charge in [0.25, 0.3) is 0 Å². The van der Waals surface area contributed by atoms with Crippen molar-refractivity contribution >= 4 is 6.09 Å². The van der Waals surface area contributed by atoms with Gasteiger partial charge in [0, 0.05) is 11.5 Å². The molecule has 4 nitrogen and oxygen atoms in total. The fourth-order valence-corrected chi connectivity index (χ4v) is 3.70. The highest BCUT2D eigenvalue weighted by Crippen LogP contribution is 2.44. The highest BCUT2D eigenvalue weighted by molar-refractivity contribution is 5.79. The maximum atomic E-state index is 14.0. The van der Waals surface area contributed by atoms with Crippen LogP contribution in [0.15, 0.2) is 66.7 Å². The third-order valence-electron chi connectivity index (χ3n) is 5.14. The van der Waals surface area contributed by atoms with E-state index < -0.39 is 11.9 Å². The minimum Gasteiger partial charge on any atom is -0.449 e. The van der Waals surface area contributed by atoms with Gasteiger partial charge in [0.2, 0.25) is 0 Å². The molecule has 0 saturated heterocycles. The van der Waals surface area contributed by atoms with Gasteiger partial charge >= 0.3 is 6.09 Å². The number of carbonyl (C=O) groups excluding carboxylic acids is 1. The Labute approximate surface area is 174 Å². The summed E-state index contributed by atoms with van der Waals surface area (Å²) in [6, 6.07) is 20.9. The van der Waals surface area contributed by atoms with Crippen LogP contribution in [-0.2, 0) is 11.3 Å². The molecule has 1 aliphatic carbocycles. The van der Waals surface area contributed by atoms with Crippen LogP contribution >= 0.6 is 0 Å². The largest absolute Gasteiger partial charge is 0.449 e. The Kier molecular flexibility index (Phi) is 5.78. The zero-order valence-electron chi connectivity index (χ0n) is 16.2. The molecule has 0 unspecified atom stereocenters. The molecule has 0 atom stereocenters. The smallest absolute Gasteiger partial charge is 0.407 e. The standard InChI is InChI=1S/C25H20FNO3/c26-24-17(7-5-8-18(24)15-28)9-6-14-27-25(29)30-16-23-21-12-3-1-10-19(21)20-11-2-4-13-22(20)23/h1-5,7-8,10-13,23,28H,14-16H2,(H,27,29). The highest BCUT2D eigenvalue weighted by Gasteiger charge is 2.28. The Morgan fingerprint density at radius 3 is 2.33 bits per heavy atom. The van der Waals surface area contributed by atoms with Gasteiger partial charge in [-0.25, -0.2) is 9.18 Å². The maximum Gasteiger partial charge on any atom is 0.407 e. The van der Waals surface area contributed by atoms with Crippen molar-refractivity contribution in [3.8, 4) is 23.0 Å². The molecular formula is C25H20FNO3. The van der Waals surface area contributed by atoms with Gasteiger partial charge in [-0.3, -0.25) is 0 Å². The molecule has 0 radical (unpaired) electrons. The van der Waals surface area contributed by atoms with E-state index in [9.17, 15) is 9.18 Å². The molecule has 150 valence electrons. The van der Waals surface area contributed by atoms with E-state index in [0.717, 1.165) is 11.1 Å². The van der Waals surface area contributed by atoms with E-state index in [4.69, 9.17) is 9.84 Å². The number of nitrogens with one attached hydrogen (secondary N) is 1. The zero-order valence-corrected chi connectivity index (χ0v) is 16.2. The number of fused-ring (bicyclic) bond motifs is 3. The molecule has 0 spiro atoms. The van der Waals surface area contributed by atoms with Crippen molar-refractivity contribution < 1.29 is 19.0 Å². The van der Waals surface area contributed by atoms with Crippen LogP contribution in [0.4, 0.5) is 9.18 Å². The topological polar surface area (TPSA) is 58.6 Å². The summed E-state index contributed by atoms with van der Waals surface area (Å²) in [6.07, 6.45) is -0.573. The van der Waals surface area contributed by atoms with E-state index in [1.165, 1.54) is 23.3 Å². The minimum atomic E-state index is -0.573. The number of rotatable bonds is 4. The van der Waals surface area contributed by atoms with Gasteiger partial charge in [-0.05, 0) is 28.3 Å². The fourth-order valence-electron chi connectivity index (χ4n) is 3.70. The zero-order chi connectivity index (χ0) is 20.9. The Morgan fingerprint density at radius 1 is 1.00 bits per heavy atom.